The van der Waals surface area contributed by atoms with E-state index in [-0.39, 0.29) is 12.2 Å². The Morgan fingerprint density at radius 1 is 0.417 bits per heavy atom. The van der Waals surface area contributed by atoms with Crippen molar-refractivity contribution in [2.75, 3.05) is 0 Å². The molecular weight excluding hydrogens is 581 g/mol. The standard InChI is InChI=1S/C46H36N2/c47-46(36-15-5-2-6-16-36)48-45(39-19-11-18-37(30-39)34-24-22-33(23-25-34)32-12-3-1-4-13-32)29-28-42-41-21-10-8-17-38(41)31-44-40-20-9-7-14-35(40)26-27-43(42)44/h1-31,45-46,48H,47H2/b29-28+. The average molecular weight is 617 g/mol. The summed E-state index contributed by atoms with van der Waals surface area (Å²) in [4.78, 5) is 0. The topological polar surface area (TPSA) is 38.0 Å². The van der Waals surface area contributed by atoms with Gasteiger partial charge in [0.1, 0.15) is 0 Å². The summed E-state index contributed by atoms with van der Waals surface area (Å²) < 4.78 is 0. The van der Waals surface area contributed by atoms with Crippen LogP contribution in [0.1, 0.15) is 28.9 Å². The van der Waals surface area contributed by atoms with E-state index < -0.39 is 0 Å². The van der Waals surface area contributed by atoms with Crippen molar-refractivity contribution in [3.8, 4) is 22.3 Å². The summed E-state index contributed by atoms with van der Waals surface area (Å²) in [5.41, 5.74) is 15.0. The van der Waals surface area contributed by atoms with Crippen LogP contribution in [0.4, 0.5) is 0 Å². The second-order valence-corrected chi connectivity index (χ2v) is 12.4. The van der Waals surface area contributed by atoms with Crippen LogP contribution in [0.3, 0.4) is 0 Å². The van der Waals surface area contributed by atoms with Crippen molar-refractivity contribution in [1.82, 2.24) is 5.32 Å². The summed E-state index contributed by atoms with van der Waals surface area (Å²) in [7, 11) is 0. The fourth-order valence-electron chi connectivity index (χ4n) is 6.84. The van der Waals surface area contributed by atoms with Crippen molar-refractivity contribution in [3.63, 3.8) is 0 Å². The monoisotopic (exact) mass is 616 g/mol. The third kappa shape index (κ3) is 5.91. The first-order valence-corrected chi connectivity index (χ1v) is 16.6. The van der Waals surface area contributed by atoms with Crippen LogP contribution in [-0.4, -0.2) is 0 Å². The first-order chi connectivity index (χ1) is 23.7. The molecule has 2 unspecified atom stereocenters. The van der Waals surface area contributed by atoms with Crippen LogP contribution in [0.15, 0.2) is 182 Å². The van der Waals surface area contributed by atoms with E-state index in [0.29, 0.717) is 0 Å². The van der Waals surface area contributed by atoms with E-state index in [1.165, 1.54) is 60.1 Å². The molecule has 2 atom stereocenters. The smallest absolute Gasteiger partial charge is 0.0817 e. The van der Waals surface area contributed by atoms with Crippen LogP contribution in [-0.2, 0) is 0 Å². The van der Waals surface area contributed by atoms with E-state index in [0.717, 1.165) is 11.1 Å². The highest BCUT2D eigenvalue weighted by molar-refractivity contribution is 6.16. The second kappa shape index (κ2) is 13.1. The van der Waals surface area contributed by atoms with E-state index in [1.807, 2.05) is 18.2 Å². The minimum atomic E-state index is -0.345. The predicted octanol–water partition coefficient (Wildman–Crippen LogP) is 11.5. The fraction of sp³-hybridized carbons (Fsp3) is 0.0435. The SMILES string of the molecule is NC(NC(/C=C/c1c2ccccc2cc2c1ccc1ccccc12)c1cccc(-c2ccc(-c3ccccc3)cc2)c1)c1ccccc1. The zero-order valence-corrected chi connectivity index (χ0v) is 26.6. The molecule has 0 spiro atoms. The van der Waals surface area contributed by atoms with Gasteiger partial charge in [-0.3, -0.25) is 5.32 Å². The summed E-state index contributed by atoms with van der Waals surface area (Å²) in [6.45, 7) is 0. The van der Waals surface area contributed by atoms with Crippen LogP contribution in [0.2, 0.25) is 0 Å². The maximum Gasteiger partial charge on any atom is 0.0817 e. The van der Waals surface area contributed by atoms with Gasteiger partial charge >= 0.3 is 0 Å². The van der Waals surface area contributed by atoms with Crippen LogP contribution >= 0.6 is 0 Å². The Bertz CT molecular complexity index is 2380. The molecule has 0 fully saturated rings. The fourth-order valence-corrected chi connectivity index (χ4v) is 6.84. The van der Waals surface area contributed by atoms with Crippen LogP contribution in [0.25, 0.3) is 60.6 Å². The van der Waals surface area contributed by atoms with Gasteiger partial charge < -0.3 is 5.73 Å². The second-order valence-electron chi connectivity index (χ2n) is 12.4. The summed E-state index contributed by atoms with van der Waals surface area (Å²) >= 11 is 0. The van der Waals surface area contributed by atoms with Gasteiger partial charge in [-0.2, -0.15) is 0 Å². The number of nitrogens with two attached hydrogens (primary N) is 1. The molecule has 8 aromatic carbocycles. The molecule has 8 aromatic rings. The molecule has 0 amide bonds. The molecule has 230 valence electrons. The molecule has 0 aliphatic heterocycles. The summed E-state index contributed by atoms with van der Waals surface area (Å²) in [5, 5.41) is 11.2. The highest BCUT2D eigenvalue weighted by Gasteiger charge is 2.16. The maximum atomic E-state index is 6.82. The Morgan fingerprint density at radius 2 is 1.00 bits per heavy atom. The summed E-state index contributed by atoms with van der Waals surface area (Å²) in [6.07, 6.45) is 4.22. The molecule has 48 heavy (non-hydrogen) atoms. The van der Waals surface area contributed by atoms with Crippen LogP contribution < -0.4 is 11.1 Å². The van der Waals surface area contributed by atoms with Crippen molar-refractivity contribution in [1.29, 1.82) is 0 Å². The Kier molecular flexibility index (Phi) is 8.10. The lowest BCUT2D eigenvalue weighted by atomic mass is 9.92. The van der Waals surface area contributed by atoms with Gasteiger partial charge in [0.15, 0.2) is 0 Å². The van der Waals surface area contributed by atoms with E-state index in [1.54, 1.807) is 0 Å². The van der Waals surface area contributed by atoms with E-state index in [4.69, 9.17) is 5.73 Å². The van der Waals surface area contributed by atoms with Crippen molar-refractivity contribution >= 4 is 38.4 Å². The van der Waals surface area contributed by atoms with Crippen LogP contribution in [0, 0.1) is 0 Å². The number of rotatable bonds is 8. The average Bonchev–Trinajstić information content (AvgIpc) is 3.16. The number of fused-ring (bicyclic) bond motifs is 4. The molecule has 0 radical (unpaired) electrons. The van der Waals surface area contributed by atoms with Gasteiger partial charge in [0.2, 0.25) is 0 Å². The number of nitrogens with one attached hydrogen (secondary N) is 1. The highest BCUT2D eigenvalue weighted by Crippen LogP contribution is 2.35. The molecule has 0 heterocycles. The number of hydrogen-bond donors (Lipinski definition) is 2. The normalized spacial score (nSPS) is 12.9. The number of benzene rings is 8. The molecule has 3 N–H and O–H groups in total. The molecule has 0 aliphatic rings. The Morgan fingerprint density at radius 3 is 1.77 bits per heavy atom. The van der Waals surface area contributed by atoms with Gasteiger partial charge in [-0.25, -0.2) is 0 Å². The van der Waals surface area contributed by atoms with Gasteiger partial charge in [0.25, 0.3) is 0 Å². The van der Waals surface area contributed by atoms with Crippen molar-refractivity contribution in [2.24, 2.45) is 5.73 Å². The molecule has 2 heteroatoms. The third-order valence-corrected chi connectivity index (χ3v) is 9.36. The minimum absolute atomic E-state index is 0.141. The Hall–Kier alpha value is -5.80. The van der Waals surface area contributed by atoms with Crippen molar-refractivity contribution < 1.29 is 0 Å². The van der Waals surface area contributed by atoms with Crippen molar-refractivity contribution in [3.05, 3.63) is 199 Å². The van der Waals surface area contributed by atoms with Gasteiger partial charge in [0, 0.05) is 0 Å². The highest BCUT2D eigenvalue weighted by atomic mass is 15.0. The molecule has 0 bridgehead atoms. The van der Waals surface area contributed by atoms with E-state index in [2.05, 4.69) is 175 Å². The minimum Gasteiger partial charge on any atom is -0.312 e. The molecular formula is C46H36N2. The lowest BCUT2D eigenvalue weighted by Crippen LogP contribution is -2.31. The van der Waals surface area contributed by atoms with E-state index >= 15 is 0 Å². The molecule has 0 saturated heterocycles. The zero-order valence-electron chi connectivity index (χ0n) is 26.6. The van der Waals surface area contributed by atoms with Gasteiger partial charge in [-0.15, -0.1) is 0 Å². The maximum absolute atomic E-state index is 6.82. The third-order valence-electron chi connectivity index (χ3n) is 9.36. The lowest BCUT2D eigenvalue weighted by molar-refractivity contribution is 0.509. The largest absolute Gasteiger partial charge is 0.312 e. The number of hydrogen-bond acceptors (Lipinski definition) is 2. The van der Waals surface area contributed by atoms with E-state index in [9.17, 15) is 0 Å². The molecule has 0 aliphatic carbocycles. The van der Waals surface area contributed by atoms with Crippen LogP contribution in [0.5, 0.6) is 0 Å². The zero-order chi connectivity index (χ0) is 32.3. The van der Waals surface area contributed by atoms with Crippen molar-refractivity contribution in [2.45, 2.75) is 12.2 Å². The molecule has 8 rings (SSSR count). The first kappa shape index (κ1) is 29.6. The Labute approximate surface area is 281 Å². The van der Waals surface area contributed by atoms with Gasteiger partial charge in [0.05, 0.1) is 12.2 Å². The summed E-state index contributed by atoms with van der Waals surface area (Å²) in [6, 6.07) is 62.4. The van der Waals surface area contributed by atoms with Gasteiger partial charge in [-0.05, 0) is 83.4 Å². The quantitative estimate of drug-likeness (QED) is 0.101. The molecule has 2 nitrogen and oxygen atoms in total. The Balaban J connectivity index is 1.22. The molecule has 0 saturated carbocycles. The lowest BCUT2D eigenvalue weighted by Gasteiger charge is -2.22. The first-order valence-electron chi connectivity index (χ1n) is 16.6. The van der Waals surface area contributed by atoms with Gasteiger partial charge in [-0.1, -0.05) is 176 Å². The predicted molar refractivity (Wildman–Crippen MR) is 205 cm³/mol. The molecule has 0 aromatic heterocycles. The summed E-state index contributed by atoms with van der Waals surface area (Å²) in [5.74, 6) is 0.